The van der Waals surface area contributed by atoms with Crippen molar-refractivity contribution >= 4 is 0 Å². The van der Waals surface area contributed by atoms with Gasteiger partial charge in [-0.3, -0.25) is 0 Å². The summed E-state index contributed by atoms with van der Waals surface area (Å²) in [5.41, 5.74) is 0. The van der Waals surface area contributed by atoms with E-state index in [-0.39, 0.29) is 0 Å². The third-order valence-corrected chi connectivity index (χ3v) is 5.05. The van der Waals surface area contributed by atoms with E-state index in [0.29, 0.717) is 12.1 Å². The molecular weight excluding hydrogens is 232 g/mol. The van der Waals surface area contributed by atoms with Crippen molar-refractivity contribution in [3.63, 3.8) is 0 Å². The summed E-state index contributed by atoms with van der Waals surface area (Å²) in [6.45, 7) is 0. The predicted molar refractivity (Wildman–Crippen MR) is 79.7 cm³/mol. The molecule has 0 aromatic rings. The van der Waals surface area contributed by atoms with Crippen LogP contribution in [0.3, 0.4) is 0 Å². The van der Waals surface area contributed by atoms with Gasteiger partial charge in [-0.1, -0.05) is 64.2 Å². The van der Waals surface area contributed by atoms with Crippen molar-refractivity contribution in [1.29, 1.82) is 5.26 Å². The maximum absolute atomic E-state index is 9.63. The average molecular weight is 262 g/mol. The molecule has 0 aromatic heterocycles. The smallest absolute Gasteiger partial charge is 0.179 e. The molecule has 2 saturated carbocycles. The highest BCUT2D eigenvalue weighted by atomic mass is 15.2. The molecule has 108 valence electrons. The third kappa shape index (κ3) is 4.71. The standard InChI is InChI=1S/C17H30N2/c18-15-19(16-11-7-3-1-4-8-12-16)17-13-9-5-2-6-10-14-17/h16-17H,1-14H2. The van der Waals surface area contributed by atoms with Crippen LogP contribution in [0.1, 0.15) is 89.9 Å². The first kappa shape index (κ1) is 14.7. The van der Waals surface area contributed by atoms with Gasteiger partial charge in [-0.2, -0.15) is 5.26 Å². The maximum atomic E-state index is 9.63. The van der Waals surface area contributed by atoms with E-state index in [0.717, 1.165) is 0 Å². The lowest BCUT2D eigenvalue weighted by atomic mass is 9.91. The zero-order valence-corrected chi connectivity index (χ0v) is 12.4. The molecule has 0 heterocycles. The van der Waals surface area contributed by atoms with Gasteiger partial charge in [0.25, 0.3) is 0 Å². The normalized spacial score (nSPS) is 24.6. The first-order chi connectivity index (χ1) is 9.42. The van der Waals surface area contributed by atoms with E-state index < -0.39 is 0 Å². The van der Waals surface area contributed by atoms with Crippen LogP contribution in [0, 0.1) is 11.5 Å². The van der Waals surface area contributed by atoms with Gasteiger partial charge < -0.3 is 4.90 Å². The Morgan fingerprint density at radius 1 is 0.579 bits per heavy atom. The number of nitrogens with zero attached hydrogens (tertiary/aromatic N) is 2. The fourth-order valence-electron chi connectivity index (χ4n) is 3.89. The SMILES string of the molecule is N#CN(C1CCCCCCC1)C1CCCCCCC1. The molecule has 2 rings (SSSR count). The van der Waals surface area contributed by atoms with E-state index >= 15 is 0 Å². The second-order valence-corrected chi connectivity index (χ2v) is 6.51. The van der Waals surface area contributed by atoms with Crippen LogP contribution in [-0.4, -0.2) is 17.0 Å². The van der Waals surface area contributed by atoms with Crippen molar-refractivity contribution in [3.8, 4) is 6.19 Å². The molecule has 2 fully saturated rings. The Balaban J connectivity index is 1.93. The highest BCUT2D eigenvalue weighted by molar-refractivity contribution is 4.89. The fourth-order valence-corrected chi connectivity index (χ4v) is 3.89. The van der Waals surface area contributed by atoms with Gasteiger partial charge in [0.2, 0.25) is 0 Å². The summed E-state index contributed by atoms with van der Waals surface area (Å²) >= 11 is 0. The largest absolute Gasteiger partial charge is 0.305 e. The second kappa shape index (κ2) is 8.46. The number of nitriles is 1. The second-order valence-electron chi connectivity index (χ2n) is 6.51. The molecule has 0 spiro atoms. The van der Waals surface area contributed by atoms with Crippen LogP contribution < -0.4 is 0 Å². The van der Waals surface area contributed by atoms with Crippen LogP contribution in [-0.2, 0) is 0 Å². The predicted octanol–water partition coefficient (Wildman–Crippen LogP) is 5.00. The maximum Gasteiger partial charge on any atom is 0.179 e. The first-order valence-electron chi connectivity index (χ1n) is 8.60. The van der Waals surface area contributed by atoms with Gasteiger partial charge in [0, 0.05) is 12.1 Å². The summed E-state index contributed by atoms with van der Waals surface area (Å²) in [4.78, 5) is 2.22. The van der Waals surface area contributed by atoms with Gasteiger partial charge in [-0.25, -0.2) is 0 Å². The summed E-state index contributed by atoms with van der Waals surface area (Å²) in [6, 6.07) is 1.10. The number of hydrogen-bond acceptors (Lipinski definition) is 2. The fraction of sp³-hybridized carbons (Fsp3) is 0.941. The quantitative estimate of drug-likeness (QED) is 0.517. The minimum Gasteiger partial charge on any atom is -0.305 e. The lowest BCUT2D eigenvalue weighted by molar-refractivity contribution is 0.158. The summed E-state index contributed by atoms with van der Waals surface area (Å²) in [6.07, 6.45) is 21.2. The van der Waals surface area contributed by atoms with Crippen LogP contribution in [0.5, 0.6) is 0 Å². The molecular formula is C17H30N2. The molecule has 0 bridgehead atoms. The van der Waals surface area contributed by atoms with Crippen molar-refractivity contribution < 1.29 is 0 Å². The Bertz CT molecular complexity index is 243. The van der Waals surface area contributed by atoms with E-state index in [9.17, 15) is 5.26 Å². The molecule has 0 atom stereocenters. The minimum absolute atomic E-state index is 0.551. The molecule has 2 nitrogen and oxygen atoms in total. The number of rotatable bonds is 2. The molecule has 0 radical (unpaired) electrons. The minimum atomic E-state index is 0.551. The van der Waals surface area contributed by atoms with Gasteiger partial charge in [0.15, 0.2) is 6.19 Å². The van der Waals surface area contributed by atoms with Gasteiger partial charge in [-0.15, -0.1) is 0 Å². The summed E-state index contributed by atoms with van der Waals surface area (Å²) in [5, 5.41) is 9.63. The Morgan fingerprint density at radius 3 is 1.21 bits per heavy atom. The molecule has 0 aliphatic heterocycles. The lowest BCUT2D eigenvalue weighted by Gasteiger charge is -2.36. The molecule has 2 aliphatic rings. The lowest BCUT2D eigenvalue weighted by Crippen LogP contribution is -2.40. The zero-order chi connectivity index (χ0) is 13.3. The van der Waals surface area contributed by atoms with E-state index in [2.05, 4.69) is 11.1 Å². The Hall–Kier alpha value is -0.710. The van der Waals surface area contributed by atoms with Gasteiger partial charge in [0.05, 0.1) is 0 Å². The molecule has 0 N–H and O–H groups in total. The molecule has 0 amide bonds. The highest BCUT2D eigenvalue weighted by Gasteiger charge is 2.25. The van der Waals surface area contributed by atoms with Gasteiger partial charge in [-0.05, 0) is 25.7 Å². The van der Waals surface area contributed by atoms with Crippen molar-refractivity contribution in [2.45, 2.75) is 102 Å². The average Bonchev–Trinajstić information content (AvgIpc) is 2.34. The molecule has 0 saturated heterocycles. The highest BCUT2D eigenvalue weighted by Crippen LogP contribution is 2.27. The van der Waals surface area contributed by atoms with Crippen LogP contribution in [0.15, 0.2) is 0 Å². The van der Waals surface area contributed by atoms with Crippen molar-refractivity contribution in [3.05, 3.63) is 0 Å². The zero-order valence-electron chi connectivity index (χ0n) is 12.4. The Morgan fingerprint density at radius 2 is 0.895 bits per heavy atom. The van der Waals surface area contributed by atoms with Crippen LogP contribution in [0.4, 0.5) is 0 Å². The molecule has 2 heteroatoms. The van der Waals surface area contributed by atoms with Crippen LogP contribution in [0.25, 0.3) is 0 Å². The van der Waals surface area contributed by atoms with E-state index in [1.807, 2.05) is 0 Å². The van der Waals surface area contributed by atoms with Crippen molar-refractivity contribution in [1.82, 2.24) is 4.90 Å². The summed E-state index contributed by atoms with van der Waals surface area (Å²) in [7, 11) is 0. The summed E-state index contributed by atoms with van der Waals surface area (Å²) < 4.78 is 0. The summed E-state index contributed by atoms with van der Waals surface area (Å²) in [5.74, 6) is 0. The molecule has 0 aromatic carbocycles. The molecule has 0 unspecified atom stereocenters. The van der Waals surface area contributed by atoms with Crippen LogP contribution in [0.2, 0.25) is 0 Å². The van der Waals surface area contributed by atoms with E-state index in [1.165, 1.54) is 89.9 Å². The van der Waals surface area contributed by atoms with Gasteiger partial charge in [0.1, 0.15) is 0 Å². The van der Waals surface area contributed by atoms with E-state index in [4.69, 9.17) is 0 Å². The third-order valence-electron chi connectivity index (χ3n) is 5.05. The van der Waals surface area contributed by atoms with Crippen LogP contribution >= 0.6 is 0 Å². The number of hydrogen-bond donors (Lipinski definition) is 0. The molecule has 2 aliphatic carbocycles. The Labute approximate surface area is 119 Å². The monoisotopic (exact) mass is 262 g/mol. The molecule has 19 heavy (non-hydrogen) atoms. The first-order valence-corrected chi connectivity index (χ1v) is 8.60. The van der Waals surface area contributed by atoms with E-state index in [1.54, 1.807) is 0 Å². The van der Waals surface area contributed by atoms with Crippen molar-refractivity contribution in [2.24, 2.45) is 0 Å². The topological polar surface area (TPSA) is 27.0 Å². The Kier molecular flexibility index (Phi) is 6.54. The van der Waals surface area contributed by atoms with Crippen molar-refractivity contribution in [2.75, 3.05) is 0 Å². The van der Waals surface area contributed by atoms with Gasteiger partial charge >= 0.3 is 0 Å².